The number of rotatable bonds is 5. The zero-order valence-electron chi connectivity index (χ0n) is 12.3. The van der Waals surface area contributed by atoms with Crippen LogP contribution in [0.4, 0.5) is 0 Å². The summed E-state index contributed by atoms with van der Waals surface area (Å²) in [7, 11) is 2.06. The van der Waals surface area contributed by atoms with Crippen molar-refractivity contribution in [3.8, 4) is 0 Å². The summed E-state index contributed by atoms with van der Waals surface area (Å²) in [6.07, 6.45) is 2.37. The van der Waals surface area contributed by atoms with Crippen LogP contribution in [-0.2, 0) is 13.0 Å². The molecule has 0 aliphatic carbocycles. The minimum atomic E-state index is 0.432. The van der Waals surface area contributed by atoms with Crippen LogP contribution in [0, 0.1) is 0 Å². The summed E-state index contributed by atoms with van der Waals surface area (Å²) in [5.74, 6) is 0. The van der Waals surface area contributed by atoms with E-state index < -0.39 is 0 Å². The Morgan fingerprint density at radius 3 is 2.86 bits per heavy atom. The van der Waals surface area contributed by atoms with Gasteiger partial charge >= 0.3 is 0 Å². The van der Waals surface area contributed by atoms with E-state index in [-0.39, 0.29) is 0 Å². The van der Waals surface area contributed by atoms with Gasteiger partial charge in [-0.15, -0.1) is 11.3 Å². The van der Waals surface area contributed by atoms with Crippen LogP contribution in [0.25, 0.3) is 0 Å². The zero-order chi connectivity index (χ0) is 14.7. The maximum atomic E-state index is 3.50. The highest BCUT2D eigenvalue weighted by Crippen LogP contribution is 2.25. The van der Waals surface area contributed by atoms with Crippen molar-refractivity contribution < 1.29 is 0 Å². The van der Waals surface area contributed by atoms with Gasteiger partial charge in [0.2, 0.25) is 0 Å². The summed E-state index contributed by atoms with van der Waals surface area (Å²) in [6, 6.07) is 11.4. The highest BCUT2D eigenvalue weighted by atomic mass is 79.9. The quantitative estimate of drug-likeness (QED) is 0.854. The molecule has 0 bridgehead atoms. The van der Waals surface area contributed by atoms with E-state index in [0.29, 0.717) is 6.04 Å². The lowest BCUT2D eigenvalue weighted by atomic mass is 10.0. The molecule has 1 aromatic heterocycles. The molecule has 2 heterocycles. The van der Waals surface area contributed by atoms with Crippen LogP contribution in [0.2, 0.25) is 0 Å². The number of halogens is 1. The third-order valence-corrected chi connectivity index (χ3v) is 5.79. The van der Waals surface area contributed by atoms with Gasteiger partial charge in [-0.25, -0.2) is 0 Å². The molecule has 1 N–H and O–H groups in total. The number of hydrogen-bond acceptors (Lipinski definition) is 3. The maximum Gasteiger partial charge on any atom is 0.0329 e. The Bertz CT molecular complexity index is 579. The first-order valence-electron chi connectivity index (χ1n) is 7.46. The topological polar surface area (TPSA) is 15.3 Å². The predicted molar refractivity (Wildman–Crippen MR) is 93.9 cm³/mol. The van der Waals surface area contributed by atoms with E-state index in [1.807, 2.05) is 11.3 Å². The lowest BCUT2D eigenvalue weighted by Crippen LogP contribution is -2.32. The molecule has 0 fully saturated rings. The fourth-order valence-corrected chi connectivity index (χ4v) is 4.14. The normalized spacial score (nSPS) is 16.7. The lowest BCUT2D eigenvalue weighted by Gasteiger charge is -2.28. The van der Waals surface area contributed by atoms with E-state index in [9.17, 15) is 0 Å². The summed E-state index contributed by atoms with van der Waals surface area (Å²) in [5.41, 5.74) is 2.91. The lowest BCUT2D eigenvalue weighted by molar-refractivity contribution is 0.242. The zero-order valence-corrected chi connectivity index (χ0v) is 14.7. The molecule has 112 valence electrons. The van der Waals surface area contributed by atoms with Gasteiger partial charge < -0.3 is 5.32 Å². The van der Waals surface area contributed by atoms with E-state index in [1.165, 1.54) is 24.1 Å². The smallest absolute Gasteiger partial charge is 0.0329 e. The SMILES string of the molecule is CNC(CCN1CCc2sccc2C1)c1ccc(Br)cc1. The molecule has 0 amide bonds. The van der Waals surface area contributed by atoms with Crippen molar-refractivity contribution in [1.82, 2.24) is 10.2 Å². The average Bonchev–Trinajstić information content (AvgIpc) is 2.97. The summed E-state index contributed by atoms with van der Waals surface area (Å²) in [6.45, 7) is 3.47. The van der Waals surface area contributed by atoms with Crippen molar-refractivity contribution in [3.05, 3.63) is 56.2 Å². The number of thiophene rings is 1. The summed E-state index contributed by atoms with van der Waals surface area (Å²) < 4.78 is 1.14. The van der Waals surface area contributed by atoms with Crippen molar-refractivity contribution in [3.63, 3.8) is 0 Å². The van der Waals surface area contributed by atoms with Crippen molar-refractivity contribution in [2.45, 2.75) is 25.4 Å². The van der Waals surface area contributed by atoms with Crippen LogP contribution in [0.5, 0.6) is 0 Å². The number of nitrogens with zero attached hydrogens (tertiary/aromatic N) is 1. The van der Waals surface area contributed by atoms with Gasteiger partial charge in [0.25, 0.3) is 0 Å². The van der Waals surface area contributed by atoms with E-state index in [2.05, 4.69) is 68.9 Å². The second kappa shape index (κ2) is 7.05. The molecule has 4 heteroatoms. The van der Waals surface area contributed by atoms with Crippen LogP contribution in [0.1, 0.15) is 28.5 Å². The molecule has 1 atom stereocenters. The third-order valence-electron chi connectivity index (χ3n) is 4.24. The molecule has 1 unspecified atom stereocenters. The summed E-state index contributed by atoms with van der Waals surface area (Å²) in [4.78, 5) is 4.17. The van der Waals surface area contributed by atoms with Gasteiger partial charge in [0.1, 0.15) is 0 Å². The van der Waals surface area contributed by atoms with Crippen LogP contribution in [0.15, 0.2) is 40.2 Å². The van der Waals surface area contributed by atoms with Crippen molar-refractivity contribution in [2.24, 2.45) is 0 Å². The maximum absolute atomic E-state index is 3.50. The third kappa shape index (κ3) is 3.75. The second-order valence-corrected chi connectivity index (χ2v) is 7.49. The van der Waals surface area contributed by atoms with Gasteiger partial charge in [-0.05, 0) is 54.6 Å². The predicted octanol–water partition coefficient (Wildman–Crippen LogP) is 4.22. The van der Waals surface area contributed by atoms with Gasteiger partial charge in [0.05, 0.1) is 0 Å². The average molecular weight is 365 g/mol. The highest BCUT2D eigenvalue weighted by molar-refractivity contribution is 9.10. The molecule has 3 rings (SSSR count). The molecule has 1 aliphatic rings. The first-order chi connectivity index (χ1) is 10.3. The molecule has 21 heavy (non-hydrogen) atoms. The highest BCUT2D eigenvalue weighted by Gasteiger charge is 2.18. The molecule has 0 radical (unpaired) electrons. The number of fused-ring (bicyclic) bond motifs is 1. The summed E-state index contributed by atoms with van der Waals surface area (Å²) >= 11 is 5.41. The van der Waals surface area contributed by atoms with Crippen LogP contribution < -0.4 is 5.32 Å². The largest absolute Gasteiger partial charge is 0.313 e. The molecule has 0 saturated heterocycles. The van der Waals surface area contributed by atoms with E-state index in [0.717, 1.165) is 24.0 Å². The molecule has 0 saturated carbocycles. The fourth-order valence-electron chi connectivity index (χ4n) is 2.98. The van der Waals surface area contributed by atoms with E-state index in [4.69, 9.17) is 0 Å². The van der Waals surface area contributed by atoms with Gasteiger partial charge in [0.15, 0.2) is 0 Å². The standard InChI is InChI=1S/C17H21BrN2S/c1-19-16(13-2-4-15(18)5-3-13)6-9-20-10-7-17-14(12-20)8-11-21-17/h2-5,8,11,16,19H,6-7,9-10,12H2,1H3. The Labute approximate surface area is 139 Å². The Morgan fingerprint density at radius 2 is 2.10 bits per heavy atom. The Balaban J connectivity index is 1.57. The molecular weight excluding hydrogens is 344 g/mol. The Hall–Kier alpha value is -0.680. The minimum absolute atomic E-state index is 0.432. The van der Waals surface area contributed by atoms with Gasteiger partial charge in [0, 0.05) is 35.0 Å². The molecule has 1 aromatic carbocycles. The van der Waals surface area contributed by atoms with Crippen molar-refractivity contribution in [1.29, 1.82) is 0 Å². The fraction of sp³-hybridized carbons (Fsp3) is 0.412. The van der Waals surface area contributed by atoms with Gasteiger partial charge in [-0.3, -0.25) is 4.90 Å². The summed E-state index contributed by atoms with van der Waals surface area (Å²) in [5, 5.41) is 5.68. The van der Waals surface area contributed by atoms with Crippen LogP contribution in [-0.4, -0.2) is 25.0 Å². The van der Waals surface area contributed by atoms with Crippen molar-refractivity contribution in [2.75, 3.05) is 20.1 Å². The molecule has 0 spiro atoms. The number of hydrogen-bond donors (Lipinski definition) is 1. The van der Waals surface area contributed by atoms with Gasteiger partial charge in [-0.2, -0.15) is 0 Å². The molecular formula is C17H21BrN2S. The molecule has 2 nitrogen and oxygen atoms in total. The monoisotopic (exact) mass is 364 g/mol. The second-order valence-electron chi connectivity index (χ2n) is 5.58. The number of benzene rings is 1. The van der Waals surface area contributed by atoms with Gasteiger partial charge in [-0.1, -0.05) is 28.1 Å². The Kier molecular flexibility index (Phi) is 5.11. The number of nitrogens with one attached hydrogen (secondary N) is 1. The molecule has 2 aromatic rings. The minimum Gasteiger partial charge on any atom is -0.313 e. The van der Waals surface area contributed by atoms with E-state index >= 15 is 0 Å². The van der Waals surface area contributed by atoms with E-state index in [1.54, 1.807) is 4.88 Å². The van der Waals surface area contributed by atoms with Crippen molar-refractivity contribution >= 4 is 27.3 Å². The first kappa shape index (κ1) is 15.2. The molecule has 1 aliphatic heterocycles. The first-order valence-corrected chi connectivity index (χ1v) is 9.14. The van der Waals surface area contributed by atoms with Crippen LogP contribution in [0.3, 0.4) is 0 Å². The Morgan fingerprint density at radius 1 is 1.29 bits per heavy atom. The van der Waals surface area contributed by atoms with Crippen LogP contribution >= 0.6 is 27.3 Å².